The number of fused-ring (bicyclic) bond motifs is 2. The normalized spacial score (nSPS) is 15.4. The van der Waals surface area contributed by atoms with Gasteiger partial charge in [-0.05, 0) is 42.3 Å². The number of rotatable bonds is 4. The lowest BCUT2D eigenvalue weighted by Crippen LogP contribution is -2.32. The van der Waals surface area contributed by atoms with E-state index >= 15 is 0 Å². The van der Waals surface area contributed by atoms with E-state index in [1.54, 1.807) is 11.0 Å². The van der Waals surface area contributed by atoms with Crippen LogP contribution in [-0.4, -0.2) is 10.8 Å². The van der Waals surface area contributed by atoms with Crippen molar-refractivity contribution >= 4 is 34.2 Å². The summed E-state index contributed by atoms with van der Waals surface area (Å²) in [5.41, 5.74) is 4.16. The van der Waals surface area contributed by atoms with Crippen LogP contribution in [0.15, 0.2) is 82.0 Å². The van der Waals surface area contributed by atoms with Crippen LogP contribution in [0, 0.1) is 6.92 Å². The Bertz CT molecular complexity index is 1380. The van der Waals surface area contributed by atoms with Gasteiger partial charge in [0, 0.05) is 45.9 Å². The van der Waals surface area contributed by atoms with Gasteiger partial charge in [0.05, 0.1) is 0 Å². The molecule has 1 atom stereocenters. The van der Waals surface area contributed by atoms with Crippen molar-refractivity contribution in [3.63, 3.8) is 0 Å². The van der Waals surface area contributed by atoms with E-state index in [1.165, 1.54) is 6.07 Å². The summed E-state index contributed by atoms with van der Waals surface area (Å²) in [6.07, 6.45) is -0.381. The molecule has 0 radical (unpaired) electrons. The molecule has 1 aliphatic rings. The molecule has 3 aromatic carbocycles. The van der Waals surface area contributed by atoms with Gasteiger partial charge in [0.15, 0.2) is 0 Å². The molecule has 0 saturated carbocycles. The van der Waals surface area contributed by atoms with Gasteiger partial charge in [-0.1, -0.05) is 48.0 Å². The molecule has 4 aromatic rings. The third kappa shape index (κ3) is 3.47. The third-order valence-electron chi connectivity index (χ3n) is 5.61. The number of benzene rings is 3. The van der Waals surface area contributed by atoms with E-state index in [0.29, 0.717) is 22.7 Å². The number of hydrogen-bond donors (Lipinski definition) is 1. The number of carbonyl (C=O) groups excluding carboxylic acids is 1. The second-order valence-corrected chi connectivity index (χ2v) is 8.03. The molecular formula is C25H19ClN2O3. The first kappa shape index (κ1) is 19.4. The maximum atomic E-state index is 13.2. The Morgan fingerprint density at radius 1 is 1.00 bits per heavy atom. The smallest absolute Gasteiger partial charge is 0.336 e. The number of carbonyl (C=O) groups is 1. The standard InChI is InChI=1S/C25H19ClN2O3/c1-15-12-23(29)31-22-13-17(10-11-18(15)22)27-24-19-7-3-4-8-20(19)25(30)28(24)14-16-6-2-5-9-21(16)26/h2-13,24,27H,14H2,1H3/t24-/m0/s1. The average molecular weight is 431 g/mol. The summed E-state index contributed by atoms with van der Waals surface area (Å²) in [5, 5.41) is 4.94. The van der Waals surface area contributed by atoms with Crippen molar-refractivity contribution < 1.29 is 9.21 Å². The minimum atomic E-state index is -0.385. The van der Waals surface area contributed by atoms with Crippen LogP contribution < -0.4 is 10.9 Å². The Morgan fingerprint density at radius 3 is 2.61 bits per heavy atom. The molecule has 0 spiro atoms. The lowest BCUT2D eigenvalue weighted by atomic mass is 10.1. The maximum absolute atomic E-state index is 13.2. The zero-order valence-corrected chi connectivity index (χ0v) is 17.5. The monoisotopic (exact) mass is 430 g/mol. The number of halogens is 1. The van der Waals surface area contributed by atoms with Gasteiger partial charge in [0.25, 0.3) is 5.91 Å². The largest absolute Gasteiger partial charge is 0.423 e. The molecule has 1 aliphatic heterocycles. The summed E-state index contributed by atoms with van der Waals surface area (Å²) in [7, 11) is 0. The Kier molecular flexibility index (Phi) is 4.75. The second kappa shape index (κ2) is 7.60. The fourth-order valence-electron chi connectivity index (χ4n) is 4.07. The van der Waals surface area contributed by atoms with Crippen molar-refractivity contribution in [3.8, 4) is 0 Å². The van der Waals surface area contributed by atoms with Gasteiger partial charge in [-0.2, -0.15) is 0 Å². The summed E-state index contributed by atoms with van der Waals surface area (Å²) in [6.45, 7) is 2.25. The van der Waals surface area contributed by atoms with E-state index in [-0.39, 0.29) is 17.7 Å². The Morgan fingerprint density at radius 2 is 1.77 bits per heavy atom. The summed E-state index contributed by atoms with van der Waals surface area (Å²) >= 11 is 6.36. The van der Waals surface area contributed by atoms with Gasteiger partial charge in [0.2, 0.25) is 0 Å². The Balaban J connectivity index is 1.54. The Hall–Kier alpha value is -3.57. The van der Waals surface area contributed by atoms with Gasteiger partial charge in [0.1, 0.15) is 11.7 Å². The molecule has 1 N–H and O–H groups in total. The molecule has 5 nitrogen and oxygen atoms in total. The highest BCUT2D eigenvalue weighted by Crippen LogP contribution is 2.36. The molecular weight excluding hydrogens is 412 g/mol. The predicted molar refractivity (Wildman–Crippen MR) is 121 cm³/mol. The van der Waals surface area contributed by atoms with E-state index in [0.717, 1.165) is 27.8 Å². The molecule has 5 rings (SSSR count). The molecule has 1 aromatic heterocycles. The summed E-state index contributed by atoms with van der Waals surface area (Å²) in [5.74, 6) is -0.0591. The molecule has 0 aliphatic carbocycles. The SMILES string of the molecule is Cc1cc(=O)oc2cc(N[C@@H]3c4ccccc4C(=O)N3Cc3ccccc3Cl)ccc12. The number of nitrogens with zero attached hydrogens (tertiary/aromatic N) is 1. The Labute approximate surface area is 183 Å². The number of anilines is 1. The maximum Gasteiger partial charge on any atom is 0.336 e. The van der Waals surface area contributed by atoms with E-state index < -0.39 is 0 Å². The predicted octanol–water partition coefficient (Wildman–Crippen LogP) is 5.52. The van der Waals surface area contributed by atoms with E-state index in [4.69, 9.17) is 16.0 Å². The first-order valence-electron chi connectivity index (χ1n) is 9.95. The zero-order chi connectivity index (χ0) is 21.5. The average Bonchev–Trinajstić information content (AvgIpc) is 3.01. The van der Waals surface area contributed by atoms with Gasteiger partial charge in [-0.3, -0.25) is 4.79 Å². The van der Waals surface area contributed by atoms with Gasteiger partial charge >= 0.3 is 5.63 Å². The van der Waals surface area contributed by atoms with Crippen LogP contribution in [0.5, 0.6) is 0 Å². The topological polar surface area (TPSA) is 62.6 Å². The summed E-state index contributed by atoms with van der Waals surface area (Å²) in [4.78, 5) is 26.8. The number of amides is 1. The quantitative estimate of drug-likeness (QED) is 0.433. The van der Waals surface area contributed by atoms with Crippen molar-refractivity contribution in [2.75, 3.05) is 5.32 Å². The number of hydrogen-bond acceptors (Lipinski definition) is 4. The molecule has 6 heteroatoms. The zero-order valence-electron chi connectivity index (χ0n) is 16.8. The van der Waals surface area contributed by atoms with Crippen LogP contribution in [0.25, 0.3) is 11.0 Å². The van der Waals surface area contributed by atoms with E-state index in [2.05, 4.69) is 5.32 Å². The van der Waals surface area contributed by atoms with Crippen LogP contribution in [0.3, 0.4) is 0 Å². The molecule has 31 heavy (non-hydrogen) atoms. The van der Waals surface area contributed by atoms with Crippen molar-refractivity contribution in [1.82, 2.24) is 4.90 Å². The number of aryl methyl sites for hydroxylation is 1. The molecule has 0 unspecified atom stereocenters. The highest BCUT2D eigenvalue weighted by Gasteiger charge is 2.36. The molecule has 1 amide bonds. The molecule has 0 bridgehead atoms. The third-order valence-corrected chi connectivity index (χ3v) is 5.98. The lowest BCUT2D eigenvalue weighted by molar-refractivity contribution is 0.0729. The second-order valence-electron chi connectivity index (χ2n) is 7.62. The summed E-state index contributed by atoms with van der Waals surface area (Å²) in [6, 6.07) is 22.2. The number of nitrogens with one attached hydrogen (secondary N) is 1. The first-order valence-corrected chi connectivity index (χ1v) is 10.3. The van der Waals surface area contributed by atoms with E-state index in [9.17, 15) is 9.59 Å². The fourth-order valence-corrected chi connectivity index (χ4v) is 4.27. The van der Waals surface area contributed by atoms with Crippen LogP contribution >= 0.6 is 11.6 Å². The lowest BCUT2D eigenvalue weighted by Gasteiger charge is -2.27. The van der Waals surface area contributed by atoms with Crippen molar-refractivity contribution in [2.24, 2.45) is 0 Å². The summed E-state index contributed by atoms with van der Waals surface area (Å²) < 4.78 is 5.38. The van der Waals surface area contributed by atoms with Crippen LogP contribution in [0.2, 0.25) is 5.02 Å². The highest BCUT2D eigenvalue weighted by atomic mass is 35.5. The molecule has 0 saturated heterocycles. The molecule has 2 heterocycles. The van der Waals surface area contributed by atoms with Gasteiger partial charge in [-0.15, -0.1) is 0 Å². The molecule has 154 valence electrons. The van der Waals surface area contributed by atoms with Crippen molar-refractivity contribution in [1.29, 1.82) is 0 Å². The fraction of sp³-hybridized carbons (Fsp3) is 0.120. The van der Waals surface area contributed by atoms with Crippen LogP contribution in [0.4, 0.5) is 5.69 Å². The van der Waals surface area contributed by atoms with Crippen LogP contribution in [-0.2, 0) is 6.54 Å². The minimum absolute atomic E-state index is 0.0591. The first-order chi connectivity index (χ1) is 15.0. The minimum Gasteiger partial charge on any atom is -0.423 e. The van der Waals surface area contributed by atoms with Gasteiger partial charge in [-0.25, -0.2) is 4.79 Å². The van der Waals surface area contributed by atoms with E-state index in [1.807, 2.05) is 67.6 Å². The van der Waals surface area contributed by atoms with Gasteiger partial charge < -0.3 is 14.6 Å². The highest BCUT2D eigenvalue weighted by molar-refractivity contribution is 6.31. The molecule has 0 fully saturated rings. The van der Waals surface area contributed by atoms with Crippen LogP contribution in [0.1, 0.15) is 33.2 Å². The van der Waals surface area contributed by atoms with Crippen molar-refractivity contribution in [2.45, 2.75) is 19.6 Å². The van der Waals surface area contributed by atoms with Crippen molar-refractivity contribution in [3.05, 3.63) is 110 Å².